The number of para-hydroxylation sites is 1. The van der Waals surface area contributed by atoms with Gasteiger partial charge in [-0.25, -0.2) is 4.90 Å². The third-order valence-electron chi connectivity index (χ3n) is 5.14. The molecular formula is C26H19BrN2O5S. The molecule has 0 aromatic heterocycles. The predicted octanol–water partition coefficient (Wildman–Crippen LogP) is 6.91. The van der Waals surface area contributed by atoms with Crippen molar-refractivity contribution < 1.29 is 19.2 Å². The monoisotopic (exact) mass is 550 g/mol. The molecular weight excluding hydrogens is 532 g/mol. The molecule has 0 unspecified atom stereocenters. The van der Waals surface area contributed by atoms with Gasteiger partial charge in [-0.1, -0.05) is 24.3 Å². The van der Waals surface area contributed by atoms with Gasteiger partial charge in [-0.15, -0.1) is 6.58 Å². The van der Waals surface area contributed by atoms with Crippen molar-refractivity contribution in [3.8, 4) is 5.75 Å². The van der Waals surface area contributed by atoms with Crippen LogP contribution in [0.4, 0.5) is 16.2 Å². The van der Waals surface area contributed by atoms with E-state index in [1.807, 2.05) is 18.2 Å². The predicted molar refractivity (Wildman–Crippen MR) is 140 cm³/mol. The van der Waals surface area contributed by atoms with Crippen molar-refractivity contribution in [2.24, 2.45) is 0 Å². The molecule has 3 aromatic rings. The molecule has 0 saturated carbocycles. The number of non-ortho nitro benzene ring substituents is 1. The maximum absolute atomic E-state index is 12.9. The number of imide groups is 1. The molecule has 4 rings (SSSR count). The molecule has 0 radical (unpaired) electrons. The summed E-state index contributed by atoms with van der Waals surface area (Å²) in [6.45, 7) is 4.03. The molecule has 7 nitrogen and oxygen atoms in total. The summed E-state index contributed by atoms with van der Waals surface area (Å²) in [4.78, 5) is 37.3. The van der Waals surface area contributed by atoms with Crippen molar-refractivity contribution in [3.05, 3.63) is 116 Å². The summed E-state index contributed by atoms with van der Waals surface area (Å²) in [5, 5.41) is 10.5. The van der Waals surface area contributed by atoms with Crippen LogP contribution in [0.25, 0.3) is 6.08 Å². The number of halogens is 1. The Labute approximate surface area is 214 Å². The second-order valence-corrected chi connectivity index (χ2v) is 9.40. The molecule has 176 valence electrons. The van der Waals surface area contributed by atoms with Gasteiger partial charge in [-0.2, -0.15) is 0 Å². The lowest BCUT2D eigenvalue weighted by Crippen LogP contribution is -2.27. The van der Waals surface area contributed by atoms with Crippen molar-refractivity contribution >= 4 is 56.3 Å². The molecule has 0 atom stereocenters. The van der Waals surface area contributed by atoms with Crippen LogP contribution in [0.3, 0.4) is 0 Å². The number of carbonyl (C=O) groups is 2. The molecule has 0 spiro atoms. The first-order valence-electron chi connectivity index (χ1n) is 10.5. The number of ether oxygens (including phenoxy) is 1. The summed E-state index contributed by atoms with van der Waals surface area (Å²) in [6.07, 6.45) is 3.94. The topological polar surface area (TPSA) is 89.8 Å². The van der Waals surface area contributed by atoms with E-state index in [-0.39, 0.29) is 23.4 Å². The van der Waals surface area contributed by atoms with E-state index in [0.29, 0.717) is 27.2 Å². The zero-order valence-corrected chi connectivity index (χ0v) is 20.8. The van der Waals surface area contributed by atoms with Crippen molar-refractivity contribution in [2.45, 2.75) is 13.0 Å². The highest BCUT2D eigenvalue weighted by Crippen LogP contribution is 2.38. The van der Waals surface area contributed by atoms with Crippen LogP contribution >= 0.6 is 27.7 Å². The van der Waals surface area contributed by atoms with E-state index < -0.39 is 4.92 Å². The van der Waals surface area contributed by atoms with Crippen molar-refractivity contribution in [2.75, 3.05) is 4.90 Å². The summed E-state index contributed by atoms with van der Waals surface area (Å²) in [5.41, 5.74) is 2.90. The summed E-state index contributed by atoms with van der Waals surface area (Å²) >= 11 is 4.45. The van der Waals surface area contributed by atoms with Gasteiger partial charge in [-0.05, 0) is 93.3 Å². The third-order valence-corrected chi connectivity index (χ3v) is 6.60. The average molecular weight is 551 g/mol. The van der Waals surface area contributed by atoms with E-state index in [1.54, 1.807) is 48.6 Å². The molecule has 9 heteroatoms. The van der Waals surface area contributed by atoms with E-state index >= 15 is 0 Å². The number of hydrogen-bond donors (Lipinski definition) is 0. The summed E-state index contributed by atoms with van der Waals surface area (Å²) < 4.78 is 6.70. The number of nitro groups is 1. The van der Waals surface area contributed by atoms with Gasteiger partial charge in [-0.3, -0.25) is 19.7 Å². The highest BCUT2D eigenvalue weighted by atomic mass is 79.9. The van der Waals surface area contributed by atoms with Gasteiger partial charge < -0.3 is 4.74 Å². The number of thioether (sulfide) groups is 1. The van der Waals surface area contributed by atoms with Gasteiger partial charge in [0.25, 0.3) is 16.8 Å². The Kier molecular flexibility index (Phi) is 7.48. The molecule has 0 bridgehead atoms. The van der Waals surface area contributed by atoms with Crippen molar-refractivity contribution in [1.29, 1.82) is 0 Å². The lowest BCUT2D eigenvalue weighted by Gasteiger charge is -2.14. The van der Waals surface area contributed by atoms with E-state index in [0.717, 1.165) is 33.4 Å². The minimum Gasteiger partial charge on any atom is -0.487 e. The quantitative estimate of drug-likeness (QED) is 0.131. The minimum absolute atomic E-state index is 0.0170. The average Bonchev–Trinajstić information content (AvgIpc) is 3.12. The molecule has 35 heavy (non-hydrogen) atoms. The molecule has 2 amide bonds. The van der Waals surface area contributed by atoms with E-state index in [2.05, 4.69) is 22.5 Å². The summed E-state index contributed by atoms with van der Waals surface area (Å²) in [7, 11) is 0. The van der Waals surface area contributed by atoms with E-state index in [9.17, 15) is 19.7 Å². The van der Waals surface area contributed by atoms with Crippen LogP contribution in [0, 0.1) is 10.1 Å². The molecule has 1 aliphatic rings. The Morgan fingerprint density at radius 2 is 1.80 bits per heavy atom. The smallest absolute Gasteiger partial charge is 0.298 e. The number of nitro benzene ring substituents is 1. The summed E-state index contributed by atoms with van der Waals surface area (Å²) in [5.74, 6) is 0.240. The first kappa shape index (κ1) is 24.4. The second kappa shape index (κ2) is 10.7. The molecule has 1 saturated heterocycles. The molecule has 3 aromatic carbocycles. The van der Waals surface area contributed by atoms with Gasteiger partial charge in [0.2, 0.25) is 0 Å². The molecule has 0 aliphatic carbocycles. The number of rotatable bonds is 8. The Bertz CT molecular complexity index is 1340. The lowest BCUT2D eigenvalue weighted by atomic mass is 10.1. The minimum atomic E-state index is -0.448. The van der Waals surface area contributed by atoms with Crippen LogP contribution in [-0.4, -0.2) is 16.1 Å². The highest BCUT2D eigenvalue weighted by molar-refractivity contribution is 9.10. The maximum Gasteiger partial charge on any atom is 0.298 e. The number of benzene rings is 3. The number of carbonyl (C=O) groups excluding carboxylic acids is 2. The fourth-order valence-electron chi connectivity index (χ4n) is 3.51. The Hall–Kier alpha value is -3.69. The van der Waals surface area contributed by atoms with Crippen LogP contribution in [0.5, 0.6) is 5.75 Å². The Morgan fingerprint density at radius 3 is 2.46 bits per heavy atom. The number of allylic oxidation sites excluding steroid dienone is 1. The second-order valence-electron chi connectivity index (χ2n) is 7.55. The van der Waals surface area contributed by atoms with Crippen LogP contribution in [0.2, 0.25) is 0 Å². The first-order valence-corrected chi connectivity index (χ1v) is 12.1. The molecule has 1 heterocycles. The highest BCUT2D eigenvalue weighted by Gasteiger charge is 2.36. The SMILES string of the molecule is C=CCc1cc(/C=C2\SC(=O)N(c3ccccc3)C2=O)cc(Br)c1OCc1ccc([N+](=O)[O-])cc1. The van der Waals surface area contributed by atoms with Crippen molar-refractivity contribution in [3.63, 3.8) is 0 Å². The van der Waals surface area contributed by atoms with Crippen LogP contribution in [0.1, 0.15) is 16.7 Å². The fraction of sp³-hybridized carbons (Fsp3) is 0.0769. The normalized spacial score (nSPS) is 14.4. The van der Waals surface area contributed by atoms with Gasteiger partial charge in [0.05, 0.1) is 20.0 Å². The molecule has 1 fully saturated rings. The maximum atomic E-state index is 12.9. The zero-order chi connectivity index (χ0) is 24.9. The van der Waals surface area contributed by atoms with Gasteiger partial charge >= 0.3 is 0 Å². The van der Waals surface area contributed by atoms with Crippen LogP contribution in [-0.2, 0) is 17.8 Å². The zero-order valence-electron chi connectivity index (χ0n) is 18.3. The Balaban J connectivity index is 1.57. The van der Waals surface area contributed by atoms with E-state index in [4.69, 9.17) is 4.74 Å². The third kappa shape index (κ3) is 5.52. The lowest BCUT2D eigenvalue weighted by molar-refractivity contribution is -0.384. The molecule has 1 aliphatic heterocycles. The largest absolute Gasteiger partial charge is 0.487 e. The van der Waals surface area contributed by atoms with Gasteiger partial charge in [0, 0.05) is 12.1 Å². The van der Waals surface area contributed by atoms with E-state index in [1.165, 1.54) is 12.1 Å². The standard InChI is InChI=1S/C26H19BrN2O5S/c1-2-6-19-13-18(15-23-25(30)28(26(31)35-23)20-7-4-3-5-8-20)14-22(27)24(19)34-16-17-9-11-21(12-10-17)29(32)33/h2-5,7-15H,1,6,16H2/b23-15-. The number of nitrogens with zero attached hydrogens (tertiary/aromatic N) is 2. The first-order chi connectivity index (χ1) is 16.9. The Morgan fingerprint density at radius 1 is 1.09 bits per heavy atom. The van der Waals surface area contributed by atoms with Crippen LogP contribution in [0.15, 0.2) is 88.8 Å². The van der Waals surface area contributed by atoms with Gasteiger partial charge in [0.1, 0.15) is 12.4 Å². The molecule has 0 N–H and O–H groups in total. The van der Waals surface area contributed by atoms with Crippen molar-refractivity contribution in [1.82, 2.24) is 0 Å². The summed E-state index contributed by atoms with van der Waals surface area (Å²) in [6, 6.07) is 18.7. The van der Waals surface area contributed by atoms with Crippen LogP contribution < -0.4 is 9.64 Å². The number of hydrogen-bond acceptors (Lipinski definition) is 6. The van der Waals surface area contributed by atoms with Gasteiger partial charge in [0.15, 0.2) is 0 Å². The fourth-order valence-corrected chi connectivity index (χ4v) is 4.99. The number of anilines is 1. The number of amides is 2.